The zero-order valence-electron chi connectivity index (χ0n) is 38.4. The second kappa shape index (κ2) is 22.8. The lowest BCUT2D eigenvalue weighted by atomic mass is 9.87. The highest BCUT2D eigenvalue weighted by Crippen LogP contribution is 2.40. The predicted molar refractivity (Wildman–Crippen MR) is 250 cm³/mol. The van der Waals surface area contributed by atoms with Gasteiger partial charge in [-0.1, -0.05) is 45.0 Å². The minimum absolute atomic E-state index is 0.00428. The van der Waals surface area contributed by atoms with Gasteiger partial charge in [0.25, 0.3) is 5.91 Å². The number of nitrogens with zero attached hydrogens (tertiary/aromatic N) is 2. The third kappa shape index (κ3) is 12.6. The molecule has 4 bridgehead atoms. The summed E-state index contributed by atoms with van der Waals surface area (Å²) in [7, 11) is 1.42. The van der Waals surface area contributed by atoms with E-state index in [1.54, 1.807) is 61.5 Å². The van der Waals surface area contributed by atoms with E-state index in [9.17, 15) is 24.0 Å². The van der Waals surface area contributed by atoms with Gasteiger partial charge in [0.15, 0.2) is 0 Å². The van der Waals surface area contributed by atoms with Crippen LogP contribution in [0.1, 0.15) is 72.8 Å². The quantitative estimate of drug-likeness (QED) is 0.0800. The Balaban J connectivity index is 1.53. The minimum Gasteiger partial charge on any atom is -0.492 e. The van der Waals surface area contributed by atoms with E-state index in [1.807, 2.05) is 30.3 Å². The fourth-order valence-corrected chi connectivity index (χ4v) is 7.48. The molecule has 1 aliphatic heterocycles. The highest BCUT2D eigenvalue weighted by atomic mass is 16.5. The number of rotatable bonds is 16. The SMILES string of the molecule is Cc1cc(Oc2ccc(C(C)(C)C)cc2)ccc1C(=O)N[C@@H](CCN)C(=O)N(C)[C@@H]1C(=O)N[C@@H](C)C(=O)N[C@H](C(=O)NCC#N)Cc2ccc(OCCN)c(c2)-c2cc1ccc2OCCN. The number of nitriles is 1. The maximum Gasteiger partial charge on any atom is 0.252 e. The average Bonchev–Trinajstić information content (AvgIpc) is 3.28. The van der Waals surface area contributed by atoms with E-state index in [-0.39, 0.29) is 57.6 Å². The fourth-order valence-electron chi connectivity index (χ4n) is 7.48. The van der Waals surface area contributed by atoms with Gasteiger partial charge in [-0.2, -0.15) is 5.26 Å². The van der Waals surface area contributed by atoms with Crippen molar-refractivity contribution >= 4 is 29.5 Å². The molecule has 1 heterocycles. The Hall–Kier alpha value is -7.00. The Bertz CT molecular complexity index is 2430. The summed E-state index contributed by atoms with van der Waals surface area (Å²) >= 11 is 0. The Labute approximate surface area is 385 Å². The van der Waals surface area contributed by atoms with E-state index < -0.39 is 53.7 Å². The normalized spacial score (nSPS) is 16.6. The number of ether oxygens (including phenoxy) is 3. The molecule has 5 amide bonds. The molecule has 0 saturated heterocycles. The van der Waals surface area contributed by atoms with E-state index in [0.29, 0.717) is 56.4 Å². The number of aryl methyl sites for hydroxylation is 1. The number of likely N-dealkylation sites (N-methyl/N-ethyl adjacent to an activating group) is 1. The van der Waals surface area contributed by atoms with E-state index >= 15 is 0 Å². The van der Waals surface area contributed by atoms with Crippen LogP contribution in [0.15, 0.2) is 78.9 Å². The maximum atomic E-state index is 14.7. The van der Waals surface area contributed by atoms with Crippen molar-refractivity contribution in [1.29, 1.82) is 5.26 Å². The molecule has 4 aromatic carbocycles. The molecule has 17 heteroatoms. The first kappa shape index (κ1) is 50.0. The van der Waals surface area contributed by atoms with Gasteiger partial charge in [-0.15, -0.1) is 0 Å². The predicted octanol–water partition coefficient (Wildman–Crippen LogP) is 3.26. The van der Waals surface area contributed by atoms with E-state index in [4.69, 9.17) is 36.7 Å². The van der Waals surface area contributed by atoms with Crippen LogP contribution in [0.3, 0.4) is 0 Å². The van der Waals surface area contributed by atoms with Crippen molar-refractivity contribution in [2.24, 2.45) is 17.2 Å². The maximum absolute atomic E-state index is 14.7. The van der Waals surface area contributed by atoms with Gasteiger partial charge in [0.2, 0.25) is 23.6 Å². The first-order chi connectivity index (χ1) is 31.5. The van der Waals surface area contributed by atoms with Crippen molar-refractivity contribution in [3.8, 4) is 40.2 Å². The van der Waals surface area contributed by atoms with Gasteiger partial charge in [0, 0.05) is 43.2 Å². The van der Waals surface area contributed by atoms with Crippen LogP contribution < -0.4 is 52.7 Å². The minimum atomic E-state index is -1.39. The molecule has 0 saturated carbocycles. The highest BCUT2D eigenvalue weighted by Gasteiger charge is 2.36. The second-order valence-corrected chi connectivity index (χ2v) is 17.0. The van der Waals surface area contributed by atoms with Crippen molar-refractivity contribution < 1.29 is 38.2 Å². The summed E-state index contributed by atoms with van der Waals surface area (Å²) in [6, 6.07) is 19.9. The highest BCUT2D eigenvalue weighted by molar-refractivity contribution is 6.00. The van der Waals surface area contributed by atoms with Gasteiger partial charge in [-0.05, 0) is 109 Å². The monoisotopic (exact) mass is 903 g/mol. The molecule has 5 rings (SSSR count). The molecule has 0 aliphatic carbocycles. The molecule has 1 aliphatic rings. The number of amides is 5. The zero-order chi connectivity index (χ0) is 48.1. The first-order valence-electron chi connectivity index (χ1n) is 21.8. The number of carbonyl (C=O) groups excluding carboxylic acids is 5. The molecule has 4 atom stereocenters. The van der Waals surface area contributed by atoms with Crippen molar-refractivity contribution in [1.82, 2.24) is 26.2 Å². The summed E-state index contributed by atoms with van der Waals surface area (Å²) < 4.78 is 18.3. The number of benzene rings is 4. The lowest BCUT2D eigenvalue weighted by Crippen LogP contribution is -2.56. The molecule has 10 N–H and O–H groups in total. The lowest BCUT2D eigenvalue weighted by molar-refractivity contribution is -0.141. The van der Waals surface area contributed by atoms with Crippen molar-refractivity contribution in [3.63, 3.8) is 0 Å². The van der Waals surface area contributed by atoms with Crippen molar-refractivity contribution in [3.05, 3.63) is 107 Å². The van der Waals surface area contributed by atoms with Crippen LogP contribution in [0, 0.1) is 18.3 Å². The van der Waals surface area contributed by atoms with Crippen LogP contribution >= 0.6 is 0 Å². The summed E-state index contributed by atoms with van der Waals surface area (Å²) in [4.78, 5) is 71.4. The number of nitrogens with one attached hydrogen (secondary N) is 4. The number of hydrogen-bond acceptors (Lipinski definition) is 12. The Kier molecular flexibility index (Phi) is 17.2. The number of hydrogen-bond donors (Lipinski definition) is 7. The molecule has 0 radical (unpaired) electrons. The Morgan fingerprint density at radius 3 is 2.09 bits per heavy atom. The first-order valence-corrected chi connectivity index (χ1v) is 21.8. The van der Waals surface area contributed by atoms with E-state index in [0.717, 1.165) is 5.56 Å². The summed E-state index contributed by atoms with van der Waals surface area (Å²) in [5, 5.41) is 19.9. The summed E-state index contributed by atoms with van der Waals surface area (Å²) in [6.45, 7) is 9.99. The van der Waals surface area contributed by atoms with Crippen molar-refractivity contribution in [2.45, 2.75) is 77.0 Å². The largest absolute Gasteiger partial charge is 0.492 e. The lowest BCUT2D eigenvalue weighted by Gasteiger charge is -2.32. The number of fused-ring (bicyclic) bond motifs is 5. The summed E-state index contributed by atoms with van der Waals surface area (Å²) in [5.74, 6) is -1.32. The van der Waals surface area contributed by atoms with Crippen LogP contribution in [0.4, 0.5) is 0 Å². The third-order valence-corrected chi connectivity index (χ3v) is 11.0. The van der Waals surface area contributed by atoms with Gasteiger partial charge < -0.3 is 57.6 Å². The molecule has 4 aromatic rings. The summed E-state index contributed by atoms with van der Waals surface area (Å²) in [6.07, 6.45) is 0.0260. The van der Waals surface area contributed by atoms with Gasteiger partial charge in [-0.3, -0.25) is 24.0 Å². The standard InChI is InChI=1S/C49H61N9O8/c1-29-25-35(66-34-11-9-33(10-12-34)49(3,4)5)13-14-36(29)45(60)56-39(17-18-50)48(63)58(6)43-32-8-16-42(65-24-21-53)38(28-32)37-26-31(7-15-41(37)64-23-20-52)27-40(46(61)54-22-19-51)57-44(59)30(2)55-47(43)62/h7-16,25-26,28,30,39-40,43H,17-18,20-24,27,50,52-53H2,1-6H3,(H,54,61)(H,55,62)(H,56,60)(H,57,59)/t30-,39-,40-,43-/m0/s1. The molecule has 17 nitrogen and oxygen atoms in total. The smallest absolute Gasteiger partial charge is 0.252 e. The number of nitrogens with two attached hydrogens (primary N) is 3. The van der Waals surface area contributed by atoms with Crippen molar-refractivity contribution in [2.75, 3.05) is 46.4 Å². The van der Waals surface area contributed by atoms with Crippen LogP contribution in [0.25, 0.3) is 11.1 Å². The van der Waals surface area contributed by atoms with Crippen LogP contribution in [0.5, 0.6) is 23.0 Å². The van der Waals surface area contributed by atoms with Crippen LogP contribution in [0.2, 0.25) is 0 Å². The molecule has 0 unspecified atom stereocenters. The Morgan fingerprint density at radius 2 is 1.48 bits per heavy atom. The molecule has 350 valence electrons. The number of carbonyl (C=O) groups is 5. The van der Waals surface area contributed by atoms with E-state index in [1.165, 1.54) is 18.9 Å². The molecular weight excluding hydrogens is 843 g/mol. The second-order valence-electron chi connectivity index (χ2n) is 17.0. The molecule has 0 fully saturated rings. The molecule has 0 spiro atoms. The van der Waals surface area contributed by atoms with Crippen LogP contribution in [-0.2, 0) is 31.0 Å². The van der Waals surface area contributed by atoms with Crippen LogP contribution in [-0.4, -0.2) is 99.0 Å². The van der Waals surface area contributed by atoms with Gasteiger partial charge in [-0.25, -0.2) is 0 Å². The van der Waals surface area contributed by atoms with Gasteiger partial charge in [0.05, 0.1) is 6.07 Å². The fraction of sp³-hybridized carbons (Fsp3) is 0.388. The third-order valence-electron chi connectivity index (χ3n) is 11.0. The molecular formula is C49H61N9O8. The Morgan fingerprint density at radius 1 is 0.848 bits per heavy atom. The molecule has 0 aromatic heterocycles. The zero-order valence-corrected chi connectivity index (χ0v) is 38.4. The van der Waals surface area contributed by atoms with Gasteiger partial charge in [0.1, 0.15) is 66.9 Å². The van der Waals surface area contributed by atoms with Gasteiger partial charge >= 0.3 is 0 Å². The summed E-state index contributed by atoms with van der Waals surface area (Å²) in [5.41, 5.74) is 21.6. The topological polar surface area (TPSA) is 266 Å². The molecule has 66 heavy (non-hydrogen) atoms. The average molecular weight is 904 g/mol. The van der Waals surface area contributed by atoms with E-state index in [2.05, 4.69) is 42.0 Å².